The van der Waals surface area contributed by atoms with Gasteiger partial charge in [0.15, 0.2) is 5.52 Å². The Bertz CT molecular complexity index is 1950. The Kier molecular flexibility index (Phi) is 8.79. The van der Waals surface area contributed by atoms with Crippen LogP contribution in [0.1, 0.15) is 53.6 Å². The predicted molar refractivity (Wildman–Crippen MR) is 178 cm³/mol. The molecule has 2 heterocycles. The number of hydrogen-bond donors (Lipinski definition) is 1. The molecule has 0 spiro atoms. The molecule has 6 aromatic rings. The molecule has 0 unspecified atom stereocenters. The summed E-state index contributed by atoms with van der Waals surface area (Å²) in [5.41, 5.74) is 5.33. The van der Waals surface area contributed by atoms with Gasteiger partial charge >= 0.3 is 5.97 Å². The number of fused-ring (bicyclic) bond motifs is 1. The van der Waals surface area contributed by atoms with E-state index >= 15 is 0 Å². The maximum Gasteiger partial charge on any atom is 0.336 e. The van der Waals surface area contributed by atoms with Gasteiger partial charge in [0.25, 0.3) is 11.8 Å². The largest absolute Gasteiger partial charge is 0.478 e. The molecule has 0 radical (unpaired) electrons. The molecule has 0 fully saturated rings. The van der Waals surface area contributed by atoms with Crippen LogP contribution in [0.4, 0.5) is 0 Å². The minimum Gasteiger partial charge on any atom is -0.478 e. The number of imidazole rings is 1. The van der Waals surface area contributed by atoms with Gasteiger partial charge in [0, 0.05) is 6.42 Å². The highest BCUT2D eigenvalue weighted by atomic mass is 16.5. The van der Waals surface area contributed by atoms with Gasteiger partial charge in [-0.1, -0.05) is 130 Å². The van der Waals surface area contributed by atoms with E-state index in [2.05, 4.69) is 31.0 Å². The first-order valence-corrected chi connectivity index (χ1v) is 15.3. The van der Waals surface area contributed by atoms with E-state index in [0.717, 1.165) is 22.5 Å². The zero-order valence-corrected chi connectivity index (χ0v) is 26.2. The normalized spacial score (nSPS) is 11.5. The fourth-order valence-electron chi connectivity index (χ4n) is 5.49. The highest BCUT2D eigenvalue weighted by Crippen LogP contribution is 2.35. The van der Waals surface area contributed by atoms with Crippen LogP contribution in [-0.4, -0.2) is 30.8 Å². The number of nitrogens with zero attached hydrogens (tertiary/aromatic N) is 4. The van der Waals surface area contributed by atoms with Crippen molar-refractivity contribution >= 4 is 17.0 Å². The van der Waals surface area contributed by atoms with E-state index in [1.165, 1.54) is 0 Å². The van der Waals surface area contributed by atoms with E-state index in [1.807, 2.05) is 114 Å². The van der Waals surface area contributed by atoms with Gasteiger partial charge in [0.1, 0.15) is 24.6 Å². The standard InChI is InChI=1S/C38H36N4O4/c1-38(2,3)22-31-39-33-34(42(31)23-29-20-13-21-30(32(29)37(43)44)28-18-11-6-12-19-28)36(46-25-27-16-9-5-10-17-27)41-40-35(33)45-24-26-14-7-4-8-15-26/h4-21H,22-25H2,1-3H3,(H,43,44). The Labute approximate surface area is 268 Å². The van der Waals surface area contributed by atoms with Crippen LogP contribution < -0.4 is 9.47 Å². The molecule has 4 aromatic carbocycles. The second kappa shape index (κ2) is 13.2. The number of aromatic carboxylic acids is 1. The number of carbonyl (C=O) groups is 1. The third kappa shape index (κ3) is 6.91. The number of carboxylic acids is 1. The molecule has 0 bridgehead atoms. The van der Waals surface area contributed by atoms with Crippen LogP contribution in [0.3, 0.4) is 0 Å². The molecule has 0 aliphatic heterocycles. The van der Waals surface area contributed by atoms with Gasteiger partial charge in [0.2, 0.25) is 0 Å². The summed E-state index contributed by atoms with van der Waals surface area (Å²) in [5, 5.41) is 19.4. The van der Waals surface area contributed by atoms with Crippen molar-refractivity contribution in [1.82, 2.24) is 19.7 Å². The number of carboxylic acid groups (broad SMARTS) is 1. The molecule has 0 aliphatic carbocycles. The van der Waals surface area contributed by atoms with Crippen LogP contribution in [-0.2, 0) is 26.2 Å². The molecule has 0 saturated heterocycles. The first-order valence-electron chi connectivity index (χ1n) is 15.3. The summed E-state index contributed by atoms with van der Waals surface area (Å²) in [5.74, 6) is 0.349. The summed E-state index contributed by atoms with van der Waals surface area (Å²) in [6.45, 7) is 7.23. The van der Waals surface area contributed by atoms with E-state index in [-0.39, 0.29) is 30.0 Å². The fraction of sp³-hybridized carbons (Fsp3) is 0.211. The summed E-state index contributed by atoms with van der Waals surface area (Å²) in [6.07, 6.45) is 0.610. The highest BCUT2D eigenvalue weighted by Gasteiger charge is 2.27. The average Bonchev–Trinajstić information content (AvgIpc) is 3.40. The van der Waals surface area contributed by atoms with Crippen molar-refractivity contribution in [2.75, 3.05) is 0 Å². The predicted octanol–water partition coefficient (Wildman–Crippen LogP) is 7.99. The Balaban J connectivity index is 1.51. The lowest BCUT2D eigenvalue weighted by molar-refractivity contribution is 0.0696. The zero-order chi connectivity index (χ0) is 32.1. The smallest absolute Gasteiger partial charge is 0.336 e. The van der Waals surface area contributed by atoms with Gasteiger partial charge in [-0.05, 0) is 33.2 Å². The number of hydrogen-bond acceptors (Lipinski definition) is 6. The molecule has 8 heteroatoms. The SMILES string of the molecule is CC(C)(C)Cc1nc2c(OCc3ccccc3)nnc(OCc3ccccc3)c2n1Cc1cccc(-c2ccccc2)c1C(=O)O. The summed E-state index contributed by atoms with van der Waals surface area (Å²) in [7, 11) is 0. The minimum absolute atomic E-state index is 0.127. The number of rotatable bonds is 11. The molecule has 0 saturated carbocycles. The van der Waals surface area contributed by atoms with Crippen LogP contribution in [0.25, 0.3) is 22.2 Å². The maximum absolute atomic E-state index is 12.8. The quantitative estimate of drug-likeness (QED) is 0.158. The van der Waals surface area contributed by atoms with Crippen molar-refractivity contribution in [3.63, 3.8) is 0 Å². The Morgan fingerprint density at radius 2 is 1.30 bits per heavy atom. The number of ether oxygens (including phenoxy) is 2. The third-order valence-corrected chi connectivity index (χ3v) is 7.59. The molecule has 8 nitrogen and oxygen atoms in total. The van der Waals surface area contributed by atoms with Gasteiger partial charge in [-0.25, -0.2) is 9.78 Å². The van der Waals surface area contributed by atoms with Crippen LogP contribution in [0.15, 0.2) is 109 Å². The van der Waals surface area contributed by atoms with Crippen LogP contribution >= 0.6 is 0 Å². The average molecular weight is 613 g/mol. The second-order valence-electron chi connectivity index (χ2n) is 12.4. The van der Waals surface area contributed by atoms with Gasteiger partial charge in [-0.2, -0.15) is 0 Å². The van der Waals surface area contributed by atoms with Crippen molar-refractivity contribution in [3.8, 4) is 22.9 Å². The summed E-state index contributed by atoms with van der Waals surface area (Å²) in [4.78, 5) is 17.9. The first kappa shape index (κ1) is 30.5. The lowest BCUT2D eigenvalue weighted by Gasteiger charge is -2.20. The second-order valence-corrected chi connectivity index (χ2v) is 12.4. The Morgan fingerprint density at radius 3 is 1.89 bits per heavy atom. The lowest BCUT2D eigenvalue weighted by atomic mass is 9.91. The molecular formula is C38H36N4O4. The number of aromatic nitrogens is 4. The summed E-state index contributed by atoms with van der Waals surface area (Å²) in [6, 6.07) is 34.9. The van der Waals surface area contributed by atoms with Crippen LogP contribution in [0.2, 0.25) is 0 Å². The molecule has 1 N–H and O–H groups in total. The van der Waals surface area contributed by atoms with E-state index in [0.29, 0.717) is 41.1 Å². The minimum atomic E-state index is -0.997. The molecule has 6 rings (SSSR count). The van der Waals surface area contributed by atoms with Gasteiger partial charge < -0.3 is 19.1 Å². The maximum atomic E-state index is 12.8. The molecule has 2 aromatic heterocycles. The lowest BCUT2D eigenvalue weighted by Crippen LogP contribution is -2.17. The van der Waals surface area contributed by atoms with E-state index < -0.39 is 5.97 Å². The van der Waals surface area contributed by atoms with Crippen molar-refractivity contribution in [2.24, 2.45) is 5.41 Å². The summed E-state index contributed by atoms with van der Waals surface area (Å²) < 4.78 is 14.5. The van der Waals surface area contributed by atoms with Crippen molar-refractivity contribution in [1.29, 1.82) is 0 Å². The van der Waals surface area contributed by atoms with Crippen molar-refractivity contribution in [2.45, 2.75) is 47.0 Å². The van der Waals surface area contributed by atoms with Crippen molar-refractivity contribution in [3.05, 3.63) is 137 Å². The van der Waals surface area contributed by atoms with Gasteiger partial charge in [-0.15, -0.1) is 10.2 Å². The summed E-state index contributed by atoms with van der Waals surface area (Å²) >= 11 is 0. The topological polar surface area (TPSA) is 99.4 Å². The molecule has 46 heavy (non-hydrogen) atoms. The zero-order valence-electron chi connectivity index (χ0n) is 26.2. The highest BCUT2D eigenvalue weighted by molar-refractivity contribution is 5.97. The molecule has 0 aliphatic rings. The molecule has 0 atom stereocenters. The molecule has 0 amide bonds. The van der Waals surface area contributed by atoms with E-state index in [4.69, 9.17) is 14.5 Å². The third-order valence-electron chi connectivity index (χ3n) is 7.59. The Morgan fingerprint density at radius 1 is 0.739 bits per heavy atom. The monoisotopic (exact) mass is 612 g/mol. The van der Waals surface area contributed by atoms with E-state index in [1.54, 1.807) is 0 Å². The van der Waals surface area contributed by atoms with Crippen molar-refractivity contribution < 1.29 is 19.4 Å². The van der Waals surface area contributed by atoms with E-state index in [9.17, 15) is 9.90 Å². The first-order chi connectivity index (χ1) is 22.3. The Hall–Kier alpha value is -5.50. The number of benzene rings is 4. The van der Waals surface area contributed by atoms with Crippen LogP contribution in [0, 0.1) is 5.41 Å². The fourth-order valence-corrected chi connectivity index (χ4v) is 5.49. The van der Waals surface area contributed by atoms with Gasteiger partial charge in [0.05, 0.1) is 12.1 Å². The van der Waals surface area contributed by atoms with Gasteiger partial charge in [-0.3, -0.25) is 0 Å². The molecular weight excluding hydrogens is 576 g/mol. The van der Waals surface area contributed by atoms with Crippen LogP contribution in [0.5, 0.6) is 11.8 Å². The molecule has 232 valence electrons.